The smallest absolute Gasteiger partial charge is 0.252 e. The van der Waals surface area contributed by atoms with Gasteiger partial charge in [-0.25, -0.2) is 8.42 Å². The molecule has 4 nitrogen and oxygen atoms in total. The average Bonchev–Trinajstić information content (AvgIpc) is 2.59. The zero-order valence-electron chi connectivity index (χ0n) is 14.6. The molecule has 0 aromatic heterocycles. The Morgan fingerprint density at radius 1 is 1.08 bits per heavy atom. The van der Waals surface area contributed by atoms with E-state index in [4.69, 9.17) is 23.2 Å². The van der Waals surface area contributed by atoms with E-state index in [1.54, 1.807) is 37.3 Å². The fourth-order valence-electron chi connectivity index (χ4n) is 2.73. The van der Waals surface area contributed by atoms with E-state index in [0.717, 1.165) is 5.56 Å². The van der Waals surface area contributed by atoms with E-state index >= 15 is 0 Å². The largest absolute Gasteiger partial charge is 0.351 e. The third kappa shape index (κ3) is 4.78. The molecule has 0 heterocycles. The van der Waals surface area contributed by atoms with Crippen LogP contribution in [0.3, 0.4) is 0 Å². The molecule has 0 radical (unpaired) electrons. The minimum Gasteiger partial charge on any atom is -0.351 e. The summed E-state index contributed by atoms with van der Waals surface area (Å²) >= 11 is 12.4. The van der Waals surface area contributed by atoms with Crippen molar-refractivity contribution >= 4 is 38.9 Å². The Bertz CT molecular complexity index is 877. The first kappa shape index (κ1) is 20.7. The van der Waals surface area contributed by atoms with Gasteiger partial charge in [0.1, 0.15) is 0 Å². The molecule has 0 fully saturated rings. The van der Waals surface area contributed by atoms with Gasteiger partial charge in [-0.15, -0.1) is 0 Å². The quantitative estimate of drug-likeness (QED) is 0.714. The van der Waals surface area contributed by atoms with Crippen LogP contribution in [0, 0.1) is 0 Å². The van der Waals surface area contributed by atoms with E-state index in [-0.39, 0.29) is 28.7 Å². The molecular weight excluding hydrogens is 393 g/mol. The number of rotatable bonds is 7. The van der Waals surface area contributed by atoms with Crippen molar-refractivity contribution in [1.29, 1.82) is 0 Å². The molecule has 7 heteroatoms. The Labute approximate surface area is 164 Å². The predicted molar refractivity (Wildman–Crippen MR) is 106 cm³/mol. The first-order valence-corrected chi connectivity index (χ1v) is 10.7. The van der Waals surface area contributed by atoms with Crippen molar-refractivity contribution in [1.82, 2.24) is 5.32 Å². The van der Waals surface area contributed by atoms with Gasteiger partial charge in [0.05, 0.1) is 16.2 Å². The molecule has 26 heavy (non-hydrogen) atoms. The zero-order chi connectivity index (χ0) is 19.3. The number of hydrogen-bond donors (Lipinski definition) is 1. The lowest BCUT2D eigenvalue weighted by atomic mass is 10.0. The molecule has 140 valence electrons. The van der Waals surface area contributed by atoms with Gasteiger partial charge in [-0.3, -0.25) is 4.79 Å². The van der Waals surface area contributed by atoms with Crippen molar-refractivity contribution in [2.24, 2.45) is 0 Å². The summed E-state index contributed by atoms with van der Waals surface area (Å²) in [6.45, 7) is 3.97. The number of hydrogen-bond acceptors (Lipinski definition) is 3. The summed E-state index contributed by atoms with van der Waals surface area (Å²) < 4.78 is 24.8. The van der Waals surface area contributed by atoms with Gasteiger partial charge < -0.3 is 5.32 Å². The Morgan fingerprint density at radius 3 is 2.31 bits per heavy atom. The van der Waals surface area contributed by atoms with Crippen LogP contribution in [-0.2, 0) is 9.84 Å². The second-order valence-electron chi connectivity index (χ2n) is 6.06. The van der Waals surface area contributed by atoms with Crippen molar-refractivity contribution in [3.05, 3.63) is 63.6 Å². The van der Waals surface area contributed by atoms with Crippen LogP contribution in [0.5, 0.6) is 0 Å². The van der Waals surface area contributed by atoms with Crippen LogP contribution in [0.25, 0.3) is 0 Å². The third-order valence-corrected chi connectivity index (χ3v) is 6.63. The highest BCUT2D eigenvalue weighted by Gasteiger charge is 2.22. The van der Waals surface area contributed by atoms with Crippen LogP contribution in [0.15, 0.2) is 47.4 Å². The van der Waals surface area contributed by atoms with Gasteiger partial charge in [-0.2, -0.15) is 0 Å². The van der Waals surface area contributed by atoms with Crippen molar-refractivity contribution in [3.63, 3.8) is 0 Å². The molecule has 2 aromatic rings. The van der Waals surface area contributed by atoms with Gasteiger partial charge in [0.15, 0.2) is 9.84 Å². The summed E-state index contributed by atoms with van der Waals surface area (Å²) in [5.74, 6) is -0.557. The number of carbonyl (C=O) groups is 1. The second kappa shape index (κ2) is 8.89. The van der Waals surface area contributed by atoms with Crippen molar-refractivity contribution in [3.8, 4) is 0 Å². The predicted octanol–water partition coefficient (Wildman–Crippen LogP) is 4.71. The monoisotopic (exact) mass is 413 g/mol. The zero-order valence-corrected chi connectivity index (χ0v) is 17.0. The lowest BCUT2D eigenvalue weighted by Gasteiger charge is -2.17. The van der Waals surface area contributed by atoms with Gasteiger partial charge in [-0.05, 0) is 36.2 Å². The molecule has 0 bridgehead atoms. The molecule has 1 amide bonds. The summed E-state index contributed by atoms with van der Waals surface area (Å²) in [5.41, 5.74) is 0.904. The van der Waals surface area contributed by atoms with Gasteiger partial charge in [0.25, 0.3) is 5.91 Å². The number of benzene rings is 2. The maximum absolute atomic E-state index is 12.6. The van der Waals surface area contributed by atoms with Crippen LogP contribution in [0.1, 0.15) is 42.1 Å². The van der Waals surface area contributed by atoms with E-state index in [2.05, 4.69) is 5.32 Å². The molecular formula is C19H21Cl2NO3S. The van der Waals surface area contributed by atoms with Crippen LogP contribution >= 0.6 is 23.2 Å². The Hall–Kier alpha value is -1.56. The summed E-state index contributed by atoms with van der Waals surface area (Å²) in [6.07, 6.45) is 0.486. The molecule has 1 unspecified atom stereocenters. The highest BCUT2D eigenvalue weighted by atomic mass is 35.5. The van der Waals surface area contributed by atoms with Crippen LogP contribution < -0.4 is 5.32 Å². The van der Waals surface area contributed by atoms with E-state index in [0.29, 0.717) is 16.5 Å². The minimum atomic E-state index is -3.49. The van der Waals surface area contributed by atoms with Gasteiger partial charge >= 0.3 is 0 Å². The molecule has 1 N–H and O–H groups in total. The van der Waals surface area contributed by atoms with Crippen molar-refractivity contribution in [2.75, 3.05) is 12.3 Å². The molecule has 0 saturated carbocycles. The second-order valence-corrected chi connectivity index (χ2v) is 8.95. The maximum Gasteiger partial charge on any atom is 0.252 e. The van der Waals surface area contributed by atoms with E-state index in [1.807, 2.05) is 6.92 Å². The third-order valence-electron chi connectivity index (χ3n) is 4.00. The number of nitrogens with one attached hydrogen (secondary N) is 1. The van der Waals surface area contributed by atoms with Crippen LogP contribution in [0.2, 0.25) is 10.0 Å². The lowest BCUT2D eigenvalue weighted by molar-refractivity contribution is 0.0948. The highest BCUT2D eigenvalue weighted by molar-refractivity contribution is 7.91. The number of halogens is 2. The highest BCUT2D eigenvalue weighted by Crippen LogP contribution is 2.31. The number of carbonyl (C=O) groups excluding carboxylic acids is 1. The molecule has 0 aliphatic heterocycles. The van der Waals surface area contributed by atoms with E-state index < -0.39 is 15.7 Å². The number of amides is 1. The minimum absolute atomic E-state index is 0.00290. The summed E-state index contributed by atoms with van der Waals surface area (Å²) in [5, 5.41) is 3.85. The average molecular weight is 414 g/mol. The summed E-state index contributed by atoms with van der Waals surface area (Å²) in [4.78, 5) is 12.6. The SMILES string of the molecule is CCCS(=O)(=O)c1ccccc1C(=O)NCC(C)c1c(Cl)cccc1Cl. The molecule has 2 aromatic carbocycles. The number of sulfone groups is 1. The Balaban J connectivity index is 2.19. The molecule has 0 aliphatic rings. The first-order valence-electron chi connectivity index (χ1n) is 8.31. The fourth-order valence-corrected chi connectivity index (χ4v) is 5.04. The molecule has 1 atom stereocenters. The van der Waals surface area contributed by atoms with E-state index in [9.17, 15) is 13.2 Å². The first-order chi connectivity index (χ1) is 12.3. The van der Waals surface area contributed by atoms with Gasteiger partial charge in [0, 0.05) is 22.5 Å². The van der Waals surface area contributed by atoms with Crippen molar-refractivity contribution < 1.29 is 13.2 Å². The van der Waals surface area contributed by atoms with Gasteiger partial charge in [0.2, 0.25) is 0 Å². The maximum atomic E-state index is 12.6. The van der Waals surface area contributed by atoms with Crippen molar-refractivity contribution in [2.45, 2.75) is 31.1 Å². The normalized spacial score (nSPS) is 12.6. The summed E-state index contributed by atoms with van der Waals surface area (Å²) in [7, 11) is -3.49. The summed E-state index contributed by atoms with van der Waals surface area (Å²) in [6, 6.07) is 11.5. The molecule has 0 aliphatic carbocycles. The van der Waals surface area contributed by atoms with Crippen LogP contribution in [0.4, 0.5) is 0 Å². The topological polar surface area (TPSA) is 63.2 Å². The molecule has 0 spiro atoms. The Morgan fingerprint density at radius 2 is 1.69 bits per heavy atom. The fraction of sp³-hybridized carbons (Fsp3) is 0.316. The van der Waals surface area contributed by atoms with Gasteiger partial charge in [-0.1, -0.05) is 55.2 Å². The Kier molecular flexibility index (Phi) is 7.09. The standard InChI is InChI=1S/C19H21Cl2NO3S/c1-3-11-26(24,25)17-10-5-4-7-14(17)19(23)22-12-13(2)18-15(20)8-6-9-16(18)21/h4-10,13H,3,11-12H2,1-2H3,(H,22,23). The lowest BCUT2D eigenvalue weighted by Crippen LogP contribution is -2.29. The van der Waals surface area contributed by atoms with E-state index in [1.165, 1.54) is 12.1 Å². The molecule has 0 saturated heterocycles. The van der Waals surface area contributed by atoms with Crippen LogP contribution in [-0.4, -0.2) is 26.6 Å². The molecule has 2 rings (SSSR count).